The molecule has 1 aromatic carbocycles. The standard InChI is InChI=1S/C6H3FN2O4S/c7-3-1-2-4(14(10,11)12)6-5(3)8-13-9-6/h1-2H,(H,10,11,12)/p-1. The molecule has 0 saturated heterocycles. The van der Waals surface area contributed by atoms with Gasteiger partial charge in [-0.1, -0.05) is 0 Å². The van der Waals surface area contributed by atoms with Gasteiger partial charge in [-0.25, -0.2) is 17.4 Å². The molecule has 0 spiro atoms. The Morgan fingerprint density at radius 1 is 1.29 bits per heavy atom. The van der Waals surface area contributed by atoms with Crippen LogP contribution in [0.1, 0.15) is 0 Å². The zero-order valence-corrected chi connectivity index (χ0v) is 7.28. The molecule has 2 aromatic rings. The van der Waals surface area contributed by atoms with E-state index in [-0.39, 0.29) is 11.0 Å². The first-order valence-electron chi connectivity index (χ1n) is 3.37. The molecule has 0 unspecified atom stereocenters. The summed E-state index contributed by atoms with van der Waals surface area (Å²) in [7, 11) is -4.70. The first-order valence-corrected chi connectivity index (χ1v) is 4.77. The summed E-state index contributed by atoms with van der Waals surface area (Å²) in [5, 5.41) is 6.27. The quantitative estimate of drug-likeness (QED) is 0.636. The lowest BCUT2D eigenvalue weighted by Gasteiger charge is -2.05. The number of halogens is 1. The predicted molar refractivity (Wildman–Crippen MR) is 39.7 cm³/mol. The number of nitrogens with zero attached hydrogens (tertiary/aromatic N) is 2. The molecule has 0 N–H and O–H groups in total. The molecular weight excluding hydrogens is 215 g/mol. The lowest BCUT2D eigenvalue weighted by atomic mass is 10.3. The lowest BCUT2D eigenvalue weighted by molar-refractivity contribution is 0.314. The maximum atomic E-state index is 12.9. The van der Waals surface area contributed by atoms with Crippen LogP contribution in [-0.2, 0) is 10.1 Å². The van der Waals surface area contributed by atoms with Crippen molar-refractivity contribution in [2.45, 2.75) is 4.90 Å². The van der Waals surface area contributed by atoms with E-state index in [0.29, 0.717) is 0 Å². The molecule has 1 heterocycles. The van der Waals surface area contributed by atoms with Crippen LogP contribution in [-0.4, -0.2) is 23.3 Å². The Morgan fingerprint density at radius 2 is 1.93 bits per heavy atom. The Hall–Kier alpha value is -1.54. The van der Waals surface area contributed by atoms with E-state index in [1.807, 2.05) is 0 Å². The largest absolute Gasteiger partial charge is 0.744 e. The first kappa shape index (κ1) is 9.03. The molecule has 0 aliphatic rings. The third kappa shape index (κ3) is 1.24. The normalized spacial score (nSPS) is 12.1. The van der Waals surface area contributed by atoms with Gasteiger partial charge in [0.1, 0.15) is 10.1 Å². The molecule has 1 aromatic heterocycles. The van der Waals surface area contributed by atoms with Gasteiger partial charge in [0, 0.05) is 0 Å². The number of hydrogen-bond donors (Lipinski definition) is 0. The second-order valence-corrected chi connectivity index (χ2v) is 3.81. The fraction of sp³-hybridized carbons (Fsp3) is 0. The highest BCUT2D eigenvalue weighted by atomic mass is 32.2. The van der Waals surface area contributed by atoms with Gasteiger partial charge in [-0.2, -0.15) is 0 Å². The van der Waals surface area contributed by atoms with Gasteiger partial charge in [0.15, 0.2) is 16.9 Å². The number of rotatable bonds is 1. The smallest absolute Gasteiger partial charge is 0.172 e. The van der Waals surface area contributed by atoms with Crippen molar-refractivity contribution in [3.63, 3.8) is 0 Å². The Morgan fingerprint density at radius 3 is 2.57 bits per heavy atom. The maximum absolute atomic E-state index is 12.9. The number of fused-ring (bicyclic) bond motifs is 1. The number of hydrogen-bond acceptors (Lipinski definition) is 6. The van der Waals surface area contributed by atoms with Gasteiger partial charge in [-0.3, -0.25) is 0 Å². The van der Waals surface area contributed by atoms with Crippen molar-refractivity contribution in [1.82, 2.24) is 10.3 Å². The van der Waals surface area contributed by atoms with E-state index < -0.39 is 20.8 Å². The maximum Gasteiger partial charge on any atom is 0.172 e. The average molecular weight is 217 g/mol. The Bertz CT molecular complexity index is 591. The fourth-order valence-corrected chi connectivity index (χ4v) is 1.62. The van der Waals surface area contributed by atoms with E-state index in [0.717, 1.165) is 12.1 Å². The summed E-state index contributed by atoms with van der Waals surface area (Å²) in [6.07, 6.45) is 0. The summed E-state index contributed by atoms with van der Waals surface area (Å²) in [4.78, 5) is -0.643. The molecule has 74 valence electrons. The van der Waals surface area contributed by atoms with Crippen LogP contribution in [0.2, 0.25) is 0 Å². The highest BCUT2D eigenvalue weighted by Crippen LogP contribution is 2.21. The highest BCUT2D eigenvalue weighted by molar-refractivity contribution is 7.86. The molecule has 8 heteroatoms. The summed E-state index contributed by atoms with van der Waals surface area (Å²) in [5.41, 5.74) is -0.762. The van der Waals surface area contributed by atoms with E-state index in [4.69, 9.17) is 0 Å². The molecule has 0 atom stereocenters. The highest BCUT2D eigenvalue weighted by Gasteiger charge is 2.15. The first-order chi connectivity index (χ1) is 6.50. The van der Waals surface area contributed by atoms with Crippen LogP contribution < -0.4 is 0 Å². The van der Waals surface area contributed by atoms with Crippen molar-refractivity contribution in [3.05, 3.63) is 17.9 Å². The van der Waals surface area contributed by atoms with Crippen molar-refractivity contribution < 1.29 is 22.0 Å². The van der Waals surface area contributed by atoms with E-state index in [1.165, 1.54) is 0 Å². The zero-order valence-electron chi connectivity index (χ0n) is 6.47. The molecule has 0 aliphatic carbocycles. The zero-order chi connectivity index (χ0) is 10.3. The molecule has 14 heavy (non-hydrogen) atoms. The van der Waals surface area contributed by atoms with Crippen LogP contribution in [0.3, 0.4) is 0 Å². The summed E-state index contributed by atoms with van der Waals surface area (Å²) >= 11 is 0. The molecule has 2 rings (SSSR count). The molecular formula is C6H2FN2O4S-. The second kappa shape index (κ2) is 2.72. The Balaban J connectivity index is 2.93. The predicted octanol–water partition coefficient (Wildman–Crippen LogP) is 0.266. The SMILES string of the molecule is O=S(=O)([O-])c1ccc(F)c2nonc12. The molecule has 0 fully saturated rings. The Labute approximate surface area is 77.0 Å². The summed E-state index contributed by atoms with van der Waals surface area (Å²) in [5.74, 6) is -0.798. The average Bonchev–Trinajstić information content (AvgIpc) is 2.50. The third-order valence-corrected chi connectivity index (χ3v) is 2.47. The van der Waals surface area contributed by atoms with E-state index in [1.54, 1.807) is 0 Å². The third-order valence-electron chi connectivity index (χ3n) is 1.60. The van der Waals surface area contributed by atoms with Gasteiger partial charge in [0.2, 0.25) is 0 Å². The lowest BCUT2D eigenvalue weighted by Crippen LogP contribution is -2.00. The van der Waals surface area contributed by atoms with Crippen molar-refractivity contribution >= 4 is 21.2 Å². The van der Waals surface area contributed by atoms with Crippen LogP contribution in [0.25, 0.3) is 11.0 Å². The minimum atomic E-state index is -4.70. The minimum Gasteiger partial charge on any atom is -0.744 e. The van der Waals surface area contributed by atoms with E-state index in [2.05, 4.69) is 14.9 Å². The molecule has 0 amide bonds. The van der Waals surface area contributed by atoms with Crippen LogP contribution >= 0.6 is 0 Å². The van der Waals surface area contributed by atoms with Crippen LogP contribution in [0.15, 0.2) is 21.7 Å². The van der Waals surface area contributed by atoms with Gasteiger partial charge >= 0.3 is 0 Å². The van der Waals surface area contributed by atoms with Crippen LogP contribution in [0.4, 0.5) is 4.39 Å². The monoisotopic (exact) mass is 217 g/mol. The van der Waals surface area contributed by atoms with Crippen LogP contribution in [0.5, 0.6) is 0 Å². The van der Waals surface area contributed by atoms with Crippen molar-refractivity contribution in [2.24, 2.45) is 0 Å². The number of benzene rings is 1. The van der Waals surface area contributed by atoms with E-state index in [9.17, 15) is 17.4 Å². The molecule has 0 aliphatic heterocycles. The minimum absolute atomic E-state index is 0.373. The number of aromatic nitrogens is 2. The summed E-state index contributed by atoms with van der Waals surface area (Å²) < 4.78 is 49.1. The van der Waals surface area contributed by atoms with Gasteiger partial charge in [-0.15, -0.1) is 0 Å². The topological polar surface area (TPSA) is 96.1 Å². The van der Waals surface area contributed by atoms with Gasteiger partial charge in [0.25, 0.3) is 0 Å². The van der Waals surface area contributed by atoms with Crippen molar-refractivity contribution in [3.8, 4) is 0 Å². The Kier molecular flexibility index (Phi) is 1.76. The molecule has 0 radical (unpaired) electrons. The van der Waals surface area contributed by atoms with E-state index >= 15 is 0 Å². The second-order valence-electron chi connectivity index (χ2n) is 2.46. The van der Waals surface area contributed by atoms with Crippen molar-refractivity contribution in [2.75, 3.05) is 0 Å². The van der Waals surface area contributed by atoms with Crippen molar-refractivity contribution in [1.29, 1.82) is 0 Å². The summed E-state index contributed by atoms with van der Waals surface area (Å²) in [6, 6.07) is 1.64. The van der Waals surface area contributed by atoms with Gasteiger partial charge < -0.3 is 4.55 Å². The molecule has 6 nitrogen and oxygen atoms in total. The van der Waals surface area contributed by atoms with Gasteiger partial charge in [-0.05, 0) is 22.4 Å². The summed E-state index contributed by atoms with van der Waals surface area (Å²) in [6.45, 7) is 0. The van der Waals surface area contributed by atoms with Gasteiger partial charge in [0.05, 0.1) is 4.90 Å². The molecule has 0 saturated carbocycles. The fourth-order valence-electron chi connectivity index (χ4n) is 1.02. The molecule has 0 bridgehead atoms. The van der Waals surface area contributed by atoms with Crippen LogP contribution in [0, 0.1) is 5.82 Å².